The number of nitrogens with two attached hydrogens (primary N) is 1. The number of esters is 1. The van der Waals surface area contributed by atoms with Crippen molar-refractivity contribution in [2.45, 2.75) is 19.9 Å². The minimum atomic E-state index is -0.307. The van der Waals surface area contributed by atoms with E-state index in [-0.39, 0.29) is 18.6 Å². The highest BCUT2D eigenvalue weighted by Crippen LogP contribution is 2.21. The fraction of sp³-hybridized carbons (Fsp3) is 0.455. The van der Waals surface area contributed by atoms with Crippen LogP contribution in [0, 0.1) is 0 Å². The number of carbonyl (C=O) groups excluding carboxylic acids is 1. The van der Waals surface area contributed by atoms with Crippen molar-refractivity contribution in [2.24, 2.45) is 0 Å². The summed E-state index contributed by atoms with van der Waals surface area (Å²) in [6, 6.07) is 3.64. The molecule has 0 aromatic carbocycles. The van der Waals surface area contributed by atoms with Crippen LogP contribution in [0.15, 0.2) is 18.3 Å². The number of anilines is 2. The van der Waals surface area contributed by atoms with Crippen LogP contribution in [0.1, 0.15) is 13.8 Å². The Labute approximate surface area is 95.2 Å². The highest BCUT2D eigenvalue weighted by atomic mass is 16.5. The first-order valence-electron chi connectivity index (χ1n) is 5.10. The molecule has 16 heavy (non-hydrogen) atoms. The van der Waals surface area contributed by atoms with Gasteiger partial charge in [-0.3, -0.25) is 4.79 Å². The van der Waals surface area contributed by atoms with Gasteiger partial charge in [-0.15, -0.1) is 0 Å². The number of rotatable bonds is 4. The SMILES string of the molecule is COC(=O)CN(c1ncccc1N)C(C)C. The van der Waals surface area contributed by atoms with E-state index in [0.29, 0.717) is 11.5 Å². The summed E-state index contributed by atoms with van der Waals surface area (Å²) in [7, 11) is 1.36. The largest absolute Gasteiger partial charge is 0.468 e. The first kappa shape index (κ1) is 12.3. The van der Waals surface area contributed by atoms with Crippen molar-refractivity contribution < 1.29 is 9.53 Å². The van der Waals surface area contributed by atoms with E-state index in [2.05, 4.69) is 9.72 Å². The van der Waals surface area contributed by atoms with Gasteiger partial charge in [-0.05, 0) is 26.0 Å². The molecule has 2 N–H and O–H groups in total. The summed E-state index contributed by atoms with van der Waals surface area (Å²) in [5.41, 5.74) is 6.38. The van der Waals surface area contributed by atoms with Crippen molar-refractivity contribution in [1.29, 1.82) is 0 Å². The molecule has 0 unspecified atom stereocenters. The van der Waals surface area contributed by atoms with Crippen molar-refractivity contribution in [3.63, 3.8) is 0 Å². The Balaban J connectivity index is 2.94. The van der Waals surface area contributed by atoms with Gasteiger partial charge in [0.05, 0.1) is 12.8 Å². The fourth-order valence-corrected chi connectivity index (χ4v) is 1.36. The number of hydrogen-bond acceptors (Lipinski definition) is 5. The maximum absolute atomic E-state index is 11.3. The Morgan fingerprint density at radius 3 is 2.81 bits per heavy atom. The lowest BCUT2D eigenvalue weighted by atomic mass is 10.3. The predicted octanol–water partition coefficient (Wildman–Crippen LogP) is 1.05. The van der Waals surface area contributed by atoms with Crippen molar-refractivity contribution in [1.82, 2.24) is 4.98 Å². The Morgan fingerprint density at radius 2 is 2.31 bits per heavy atom. The number of aromatic nitrogens is 1. The molecule has 1 aromatic heterocycles. The molecule has 0 aliphatic heterocycles. The van der Waals surface area contributed by atoms with Crippen LogP contribution in [0.4, 0.5) is 11.5 Å². The van der Waals surface area contributed by atoms with Crippen LogP contribution in [-0.2, 0) is 9.53 Å². The Hall–Kier alpha value is -1.78. The summed E-state index contributed by atoms with van der Waals surface area (Å²) in [4.78, 5) is 17.3. The fourth-order valence-electron chi connectivity index (χ4n) is 1.36. The second-order valence-corrected chi connectivity index (χ2v) is 3.71. The summed E-state index contributed by atoms with van der Waals surface area (Å²) in [5, 5.41) is 0. The summed E-state index contributed by atoms with van der Waals surface area (Å²) in [6.07, 6.45) is 1.65. The summed E-state index contributed by atoms with van der Waals surface area (Å²) in [6.45, 7) is 4.09. The van der Waals surface area contributed by atoms with Crippen LogP contribution in [0.5, 0.6) is 0 Å². The third-order valence-electron chi connectivity index (χ3n) is 2.24. The van der Waals surface area contributed by atoms with Gasteiger partial charge in [0.25, 0.3) is 0 Å². The number of carbonyl (C=O) groups is 1. The van der Waals surface area contributed by atoms with Crippen LogP contribution in [0.2, 0.25) is 0 Å². The number of pyridine rings is 1. The number of hydrogen-bond donors (Lipinski definition) is 1. The lowest BCUT2D eigenvalue weighted by Gasteiger charge is -2.27. The normalized spacial score (nSPS) is 10.2. The van der Waals surface area contributed by atoms with E-state index >= 15 is 0 Å². The van der Waals surface area contributed by atoms with Gasteiger partial charge < -0.3 is 15.4 Å². The van der Waals surface area contributed by atoms with E-state index in [1.54, 1.807) is 23.2 Å². The molecule has 0 aliphatic carbocycles. The van der Waals surface area contributed by atoms with Crippen LogP contribution >= 0.6 is 0 Å². The van der Waals surface area contributed by atoms with Gasteiger partial charge in [0, 0.05) is 12.2 Å². The van der Waals surface area contributed by atoms with Crippen LogP contribution < -0.4 is 10.6 Å². The molecule has 1 aromatic rings. The maximum atomic E-state index is 11.3. The molecule has 1 heterocycles. The minimum absolute atomic E-state index is 0.122. The lowest BCUT2D eigenvalue weighted by molar-refractivity contribution is -0.139. The molecule has 88 valence electrons. The third-order valence-corrected chi connectivity index (χ3v) is 2.24. The molecular weight excluding hydrogens is 206 g/mol. The van der Waals surface area contributed by atoms with Crippen LogP contribution in [-0.4, -0.2) is 30.6 Å². The van der Waals surface area contributed by atoms with Crippen molar-refractivity contribution in [2.75, 3.05) is 24.3 Å². The molecule has 0 bridgehead atoms. The molecule has 0 spiro atoms. The summed E-state index contributed by atoms with van der Waals surface area (Å²) in [5.74, 6) is 0.307. The number of nitrogen functional groups attached to an aromatic ring is 1. The van der Waals surface area contributed by atoms with Gasteiger partial charge in [0.2, 0.25) is 0 Å². The van der Waals surface area contributed by atoms with Gasteiger partial charge in [0.1, 0.15) is 6.54 Å². The van der Waals surface area contributed by atoms with E-state index in [4.69, 9.17) is 5.73 Å². The van der Waals surface area contributed by atoms with Crippen molar-refractivity contribution in [3.8, 4) is 0 Å². The van der Waals surface area contributed by atoms with Gasteiger partial charge in [-0.2, -0.15) is 0 Å². The average Bonchev–Trinajstić information content (AvgIpc) is 2.26. The Morgan fingerprint density at radius 1 is 1.62 bits per heavy atom. The highest BCUT2D eigenvalue weighted by Gasteiger charge is 2.18. The van der Waals surface area contributed by atoms with Crippen LogP contribution in [0.25, 0.3) is 0 Å². The molecule has 1 rings (SSSR count). The Bertz CT molecular complexity index is 366. The molecule has 0 saturated carbocycles. The van der Waals surface area contributed by atoms with Crippen molar-refractivity contribution >= 4 is 17.5 Å². The van der Waals surface area contributed by atoms with Crippen LogP contribution in [0.3, 0.4) is 0 Å². The van der Waals surface area contributed by atoms with Gasteiger partial charge >= 0.3 is 5.97 Å². The minimum Gasteiger partial charge on any atom is -0.468 e. The van der Waals surface area contributed by atoms with Gasteiger partial charge in [-0.25, -0.2) is 4.98 Å². The quantitative estimate of drug-likeness (QED) is 0.773. The number of methoxy groups -OCH3 is 1. The maximum Gasteiger partial charge on any atom is 0.325 e. The number of ether oxygens (including phenoxy) is 1. The van der Waals surface area contributed by atoms with E-state index in [0.717, 1.165) is 0 Å². The molecule has 0 amide bonds. The van der Waals surface area contributed by atoms with E-state index in [1.807, 2.05) is 13.8 Å². The Kier molecular flexibility index (Phi) is 4.10. The molecule has 0 radical (unpaired) electrons. The number of nitrogens with zero attached hydrogens (tertiary/aromatic N) is 2. The predicted molar refractivity (Wildman–Crippen MR) is 63.1 cm³/mol. The lowest BCUT2D eigenvalue weighted by Crippen LogP contribution is -2.37. The highest BCUT2D eigenvalue weighted by molar-refractivity contribution is 5.77. The zero-order valence-electron chi connectivity index (χ0n) is 9.80. The zero-order chi connectivity index (χ0) is 12.1. The summed E-state index contributed by atoms with van der Waals surface area (Å²) < 4.78 is 4.64. The molecule has 0 aliphatic rings. The molecular formula is C11H17N3O2. The average molecular weight is 223 g/mol. The standard InChI is InChI=1S/C11H17N3O2/c1-8(2)14(7-10(15)16-3)11-9(12)5-4-6-13-11/h4-6,8H,7,12H2,1-3H3. The monoisotopic (exact) mass is 223 g/mol. The van der Waals surface area contributed by atoms with Crippen molar-refractivity contribution in [3.05, 3.63) is 18.3 Å². The van der Waals surface area contributed by atoms with Gasteiger partial charge in [0.15, 0.2) is 5.82 Å². The molecule has 5 nitrogen and oxygen atoms in total. The van der Waals surface area contributed by atoms with Gasteiger partial charge in [-0.1, -0.05) is 0 Å². The molecule has 0 saturated heterocycles. The molecule has 0 fully saturated rings. The second kappa shape index (κ2) is 5.34. The van der Waals surface area contributed by atoms with E-state index in [9.17, 15) is 4.79 Å². The molecule has 5 heteroatoms. The third kappa shape index (κ3) is 2.85. The first-order chi connectivity index (χ1) is 7.56. The first-order valence-corrected chi connectivity index (χ1v) is 5.10. The van der Waals surface area contributed by atoms with E-state index < -0.39 is 0 Å². The molecule has 0 atom stereocenters. The topological polar surface area (TPSA) is 68.5 Å². The zero-order valence-corrected chi connectivity index (χ0v) is 9.80. The second-order valence-electron chi connectivity index (χ2n) is 3.71. The smallest absolute Gasteiger partial charge is 0.325 e. The van der Waals surface area contributed by atoms with E-state index in [1.165, 1.54) is 7.11 Å². The summed E-state index contributed by atoms with van der Waals surface area (Å²) >= 11 is 0.